The van der Waals surface area contributed by atoms with Gasteiger partial charge in [0.1, 0.15) is 5.02 Å². The van der Waals surface area contributed by atoms with E-state index in [9.17, 15) is 4.79 Å². The summed E-state index contributed by atoms with van der Waals surface area (Å²) in [5.41, 5.74) is -0.243. The predicted molar refractivity (Wildman–Crippen MR) is 72.1 cm³/mol. The second kappa shape index (κ2) is 4.92. The molecular weight excluding hydrogens is 250 g/mol. The van der Waals surface area contributed by atoms with E-state index < -0.39 is 0 Å². The first-order valence-corrected chi connectivity index (χ1v) is 7.11. The number of H-pyrrole nitrogens is 1. The van der Waals surface area contributed by atoms with Crippen molar-refractivity contribution in [1.29, 1.82) is 0 Å². The van der Waals surface area contributed by atoms with E-state index in [0.29, 0.717) is 5.82 Å². The maximum absolute atomic E-state index is 11.5. The Bertz CT molecular complexity index is 487. The second-order valence-corrected chi connectivity index (χ2v) is 5.79. The van der Waals surface area contributed by atoms with Gasteiger partial charge in [0.25, 0.3) is 5.56 Å². The standard InChI is InChI=1S/C13H18ClN3O/c14-11-12(15-8-16-13(11)18)17-6-5-9-3-1-2-4-10(9)7-17/h8-10H,1-7H2,(H,15,16,18). The Labute approximate surface area is 111 Å². The molecule has 2 unspecified atom stereocenters. The van der Waals surface area contributed by atoms with Crippen molar-refractivity contribution in [1.82, 2.24) is 9.97 Å². The number of hydrogen-bond acceptors (Lipinski definition) is 3. The summed E-state index contributed by atoms with van der Waals surface area (Å²) < 4.78 is 0. The largest absolute Gasteiger partial charge is 0.355 e. The number of hydrogen-bond donors (Lipinski definition) is 1. The molecule has 1 saturated carbocycles. The first-order chi connectivity index (χ1) is 8.75. The van der Waals surface area contributed by atoms with E-state index in [2.05, 4.69) is 14.9 Å². The van der Waals surface area contributed by atoms with Gasteiger partial charge < -0.3 is 9.88 Å². The number of anilines is 1. The lowest BCUT2D eigenvalue weighted by Crippen LogP contribution is -2.42. The lowest BCUT2D eigenvalue weighted by molar-refractivity contribution is 0.202. The normalized spacial score (nSPS) is 27.9. The average Bonchev–Trinajstić information content (AvgIpc) is 2.41. The molecule has 0 radical (unpaired) electrons. The van der Waals surface area contributed by atoms with Gasteiger partial charge in [0.05, 0.1) is 6.33 Å². The zero-order valence-corrected chi connectivity index (χ0v) is 11.1. The second-order valence-electron chi connectivity index (χ2n) is 5.41. The van der Waals surface area contributed by atoms with E-state index >= 15 is 0 Å². The molecule has 0 amide bonds. The summed E-state index contributed by atoms with van der Waals surface area (Å²) in [5.74, 6) is 2.28. The van der Waals surface area contributed by atoms with Gasteiger partial charge in [0, 0.05) is 13.1 Å². The summed E-state index contributed by atoms with van der Waals surface area (Å²) in [4.78, 5) is 20.4. The van der Waals surface area contributed by atoms with E-state index in [4.69, 9.17) is 11.6 Å². The maximum atomic E-state index is 11.5. The smallest absolute Gasteiger partial charge is 0.271 e. The molecule has 3 rings (SSSR count). The summed E-state index contributed by atoms with van der Waals surface area (Å²) in [6, 6.07) is 0. The predicted octanol–water partition coefficient (Wildman–Crippen LogP) is 2.44. The van der Waals surface area contributed by atoms with Gasteiger partial charge in [-0.2, -0.15) is 0 Å². The van der Waals surface area contributed by atoms with Crippen LogP contribution < -0.4 is 10.5 Å². The molecule has 1 aromatic rings. The third-order valence-corrected chi connectivity index (χ3v) is 4.71. The highest BCUT2D eigenvalue weighted by Crippen LogP contribution is 2.37. The Balaban J connectivity index is 1.81. The number of piperidine rings is 1. The minimum absolute atomic E-state index is 0.228. The molecular formula is C13H18ClN3O. The van der Waals surface area contributed by atoms with Crippen LogP contribution in [0.2, 0.25) is 5.02 Å². The molecule has 1 aliphatic carbocycles. The lowest BCUT2D eigenvalue weighted by Gasteiger charge is -2.41. The van der Waals surface area contributed by atoms with Crippen molar-refractivity contribution in [2.45, 2.75) is 32.1 Å². The van der Waals surface area contributed by atoms with Crippen LogP contribution in [-0.4, -0.2) is 23.1 Å². The SMILES string of the molecule is O=c1[nH]cnc(N2CCC3CCCCC3C2)c1Cl. The Kier molecular flexibility index (Phi) is 3.29. The molecule has 4 nitrogen and oxygen atoms in total. The Morgan fingerprint density at radius 3 is 2.89 bits per heavy atom. The van der Waals surface area contributed by atoms with Gasteiger partial charge in [-0.15, -0.1) is 0 Å². The van der Waals surface area contributed by atoms with Crippen LogP contribution >= 0.6 is 11.6 Å². The quantitative estimate of drug-likeness (QED) is 0.850. The zero-order chi connectivity index (χ0) is 12.5. The number of aromatic nitrogens is 2. The van der Waals surface area contributed by atoms with Crippen LogP contribution in [0.15, 0.2) is 11.1 Å². The van der Waals surface area contributed by atoms with Crippen molar-refractivity contribution < 1.29 is 0 Å². The molecule has 1 aromatic heterocycles. The van der Waals surface area contributed by atoms with Gasteiger partial charge in [-0.05, 0) is 24.7 Å². The van der Waals surface area contributed by atoms with Crippen LogP contribution in [0.4, 0.5) is 5.82 Å². The van der Waals surface area contributed by atoms with Crippen molar-refractivity contribution in [3.05, 3.63) is 21.7 Å². The number of fused-ring (bicyclic) bond motifs is 1. The Morgan fingerprint density at radius 1 is 1.28 bits per heavy atom. The highest BCUT2D eigenvalue weighted by Gasteiger charge is 2.32. The highest BCUT2D eigenvalue weighted by atomic mass is 35.5. The van der Waals surface area contributed by atoms with Crippen molar-refractivity contribution in [2.75, 3.05) is 18.0 Å². The third kappa shape index (κ3) is 2.14. The molecule has 1 aliphatic heterocycles. The molecule has 1 saturated heterocycles. The van der Waals surface area contributed by atoms with Crippen LogP contribution in [-0.2, 0) is 0 Å². The first kappa shape index (κ1) is 12.0. The summed E-state index contributed by atoms with van der Waals surface area (Å²) in [5, 5.41) is 0.228. The van der Waals surface area contributed by atoms with Gasteiger partial charge in [-0.1, -0.05) is 30.9 Å². The van der Waals surface area contributed by atoms with E-state index in [1.807, 2.05) is 0 Å². The fourth-order valence-corrected chi connectivity index (χ4v) is 3.61. The van der Waals surface area contributed by atoms with Crippen LogP contribution in [0.1, 0.15) is 32.1 Å². The van der Waals surface area contributed by atoms with Crippen molar-refractivity contribution >= 4 is 17.4 Å². The summed E-state index contributed by atoms with van der Waals surface area (Å²) in [7, 11) is 0. The molecule has 1 N–H and O–H groups in total. The Morgan fingerprint density at radius 2 is 2.06 bits per heavy atom. The molecule has 98 valence electrons. The van der Waals surface area contributed by atoms with Gasteiger partial charge >= 0.3 is 0 Å². The van der Waals surface area contributed by atoms with Gasteiger partial charge in [-0.25, -0.2) is 4.98 Å². The zero-order valence-electron chi connectivity index (χ0n) is 10.4. The maximum Gasteiger partial charge on any atom is 0.271 e. The minimum Gasteiger partial charge on any atom is -0.355 e. The summed E-state index contributed by atoms with van der Waals surface area (Å²) in [6.07, 6.45) is 8.04. The van der Waals surface area contributed by atoms with Gasteiger partial charge in [0.15, 0.2) is 5.82 Å². The van der Waals surface area contributed by atoms with Crippen LogP contribution in [0.3, 0.4) is 0 Å². The molecule has 5 heteroatoms. The van der Waals surface area contributed by atoms with E-state index in [-0.39, 0.29) is 10.6 Å². The third-order valence-electron chi connectivity index (χ3n) is 4.37. The highest BCUT2D eigenvalue weighted by molar-refractivity contribution is 6.32. The lowest BCUT2D eigenvalue weighted by atomic mass is 9.75. The minimum atomic E-state index is -0.243. The fourth-order valence-electron chi connectivity index (χ4n) is 3.39. The molecule has 2 atom stereocenters. The number of rotatable bonds is 1. The Hall–Kier alpha value is -1.03. The average molecular weight is 268 g/mol. The number of halogens is 1. The molecule has 18 heavy (non-hydrogen) atoms. The van der Waals surface area contributed by atoms with Gasteiger partial charge in [0.2, 0.25) is 0 Å². The monoisotopic (exact) mass is 267 g/mol. The molecule has 2 fully saturated rings. The molecule has 2 heterocycles. The molecule has 0 aromatic carbocycles. The van der Waals surface area contributed by atoms with Crippen LogP contribution in [0, 0.1) is 11.8 Å². The fraction of sp³-hybridized carbons (Fsp3) is 0.692. The van der Waals surface area contributed by atoms with Crippen LogP contribution in [0.25, 0.3) is 0 Å². The van der Waals surface area contributed by atoms with Crippen molar-refractivity contribution in [3.63, 3.8) is 0 Å². The van der Waals surface area contributed by atoms with Gasteiger partial charge in [-0.3, -0.25) is 4.79 Å². The number of nitrogens with zero attached hydrogens (tertiary/aromatic N) is 2. The first-order valence-electron chi connectivity index (χ1n) is 6.74. The topological polar surface area (TPSA) is 49.0 Å². The number of aromatic amines is 1. The van der Waals surface area contributed by atoms with E-state index in [1.54, 1.807) is 0 Å². The van der Waals surface area contributed by atoms with Crippen molar-refractivity contribution in [3.8, 4) is 0 Å². The van der Waals surface area contributed by atoms with E-state index in [0.717, 1.165) is 24.9 Å². The number of nitrogens with one attached hydrogen (secondary N) is 1. The molecule has 2 aliphatic rings. The van der Waals surface area contributed by atoms with E-state index in [1.165, 1.54) is 38.4 Å². The summed E-state index contributed by atoms with van der Waals surface area (Å²) >= 11 is 6.05. The molecule has 0 spiro atoms. The van der Waals surface area contributed by atoms with Crippen LogP contribution in [0.5, 0.6) is 0 Å². The van der Waals surface area contributed by atoms with Crippen molar-refractivity contribution in [2.24, 2.45) is 11.8 Å². The molecule has 0 bridgehead atoms. The summed E-state index contributed by atoms with van der Waals surface area (Å²) in [6.45, 7) is 1.97.